The van der Waals surface area contributed by atoms with Crippen LogP contribution in [0.2, 0.25) is 0 Å². The molecule has 0 unspecified atom stereocenters. The normalized spacial score (nSPS) is 16.8. The Labute approximate surface area is 153 Å². The smallest absolute Gasteiger partial charge is 0.276 e. The Morgan fingerprint density at radius 2 is 2.15 bits per heavy atom. The number of carbonyl (C=O) groups is 1. The highest BCUT2D eigenvalue weighted by Crippen LogP contribution is 2.17. The molecule has 2 N–H and O–H groups in total. The number of rotatable bonds is 6. The quantitative estimate of drug-likeness (QED) is 0.784. The highest BCUT2D eigenvalue weighted by Gasteiger charge is 2.22. The van der Waals surface area contributed by atoms with E-state index in [2.05, 4.69) is 34.5 Å². The van der Waals surface area contributed by atoms with E-state index in [1.807, 2.05) is 30.3 Å². The van der Waals surface area contributed by atoms with Crippen LogP contribution in [0.4, 0.5) is 0 Å². The molecule has 0 bridgehead atoms. The maximum absolute atomic E-state index is 12.2. The van der Waals surface area contributed by atoms with Crippen molar-refractivity contribution >= 4 is 28.8 Å². The van der Waals surface area contributed by atoms with Gasteiger partial charge in [-0.15, -0.1) is 0 Å². The fourth-order valence-corrected chi connectivity index (χ4v) is 3.01. The maximum Gasteiger partial charge on any atom is 0.276 e. The van der Waals surface area contributed by atoms with Crippen molar-refractivity contribution in [1.29, 1.82) is 0 Å². The van der Waals surface area contributed by atoms with Crippen LogP contribution in [-0.4, -0.2) is 36.6 Å². The number of ether oxygens (including phenoxy) is 1. The van der Waals surface area contributed by atoms with E-state index in [0.717, 1.165) is 22.9 Å². The van der Waals surface area contributed by atoms with Gasteiger partial charge in [0.1, 0.15) is 5.70 Å². The lowest BCUT2D eigenvalue weighted by atomic mass is 10.0. The van der Waals surface area contributed by atoms with Crippen LogP contribution in [0.1, 0.15) is 25.8 Å². The monoisotopic (exact) mass is 352 g/mol. The number of hydrogen-bond acceptors (Lipinski definition) is 5. The van der Waals surface area contributed by atoms with Crippen molar-refractivity contribution in [3.63, 3.8) is 0 Å². The number of hydrogen-bond donors (Lipinski definition) is 2. The Kier molecular flexibility index (Phi) is 5.63. The van der Waals surface area contributed by atoms with Gasteiger partial charge in [-0.3, -0.25) is 15.1 Å². The summed E-state index contributed by atoms with van der Waals surface area (Å²) in [6.45, 7) is 4.86. The minimum atomic E-state index is -0.209. The summed E-state index contributed by atoms with van der Waals surface area (Å²) in [6, 6.07) is 9.86. The van der Waals surface area contributed by atoms with Crippen LogP contribution >= 0.6 is 0 Å². The summed E-state index contributed by atoms with van der Waals surface area (Å²) in [5.41, 5.74) is 2.22. The van der Waals surface area contributed by atoms with Gasteiger partial charge < -0.3 is 10.1 Å². The van der Waals surface area contributed by atoms with Crippen LogP contribution in [0.5, 0.6) is 0 Å². The number of fused-ring (bicyclic) bond motifs is 1. The molecule has 26 heavy (non-hydrogen) atoms. The SMILES string of the molecule is COC[C@@H](CC(C)C)NC1=N/C(=C\c2ccc3ncccc3c2)C(=O)N1. The highest BCUT2D eigenvalue weighted by atomic mass is 16.5. The van der Waals surface area contributed by atoms with E-state index in [1.54, 1.807) is 19.4 Å². The van der Waals surface area contributed by atoms with Gasteiger partial charge in [0.15, 0.2) is 0 Å². The van der Waals surface area contributed by atoms with Crippen molar-refractivity contribution < 1.29 is 9.53 Å². The fourth-order valence-electron chi connectivity index (χ4n) is 3.01. The first-order valence-corrected chi connectivity index (χ1v) is 8.77. The van der Waals surface area contributed by atoms with Crippen LogP contribution in [0.25, 0.3) is 17.0 Å². The molecular formula is C20H24N4O2. The third-order valence-electron chi connectivity index (χ3n) is 4.09. The van der Waals surface area contributed by atoms with E-state index >= 15 is 0 Å². The molecule has 0 saturated carbocycles. The number of aliphatic imine (C=N–C) groups is 1. The number of nitrogens with one attached hydrogen (secondary N) is 2. The second kappa shape index (κ2) is 8.10. The van der Waals surface area contributed by atoms with Crippen LogP contribution in [0.15, 0.2) is 47.2 Å². The van der Waals surface area contributed by atoms with E-state index in [0.29, 0.717) is 24.2 Å². The van der Waals surface area contributed by atoms with Crippen LogP contribution in [0, 0.1) is 5.92 Å². The Morgan fingerprint density at radius 3 is 2.92 bits per heavy atom. The van der Waals surface area contributed by atoms with Gasteiger partial charge in [-0.25, -0.2) is 4.99 Å². The molecule has 1 atom stereocenters. The molecule has 0 fully saturated rings. The first-order chi connectivity index (χ1) is 12.5. The molecule has 0 saturated heterocycles. The molecule has 1 aromatic heterocycles. The topological polar surface area (TPSA) is 75.6 Å². The van der Waals surface area contributed by atoms with Crippen molar-refractivity contribution in [2.45, 2.75) is 26.3 Å². The fraction of sp³-hybridized carbons (Fsp3) is 0.350. The van der Waals surface area contributed by atoms with Crippen molar-refractivity contribution in [1.82, 2.24) is 15.6 Å². The zero-order valence-electron chi connectivity index (χ0n) is 15.3. The Hall–Kier alpha value is -2.73. The summed E-state index contributed by atoms with van der Waals surface area (Å²) in [5.74, 6) is 0.785. The molecule has 0 radical (unpaired) electrons. The largest absolute Gasteiger partial charge is 0.383 e. The molecular weight excluding hydrogens is 328 g/mol. The van der Waals surface area contributed by atoms with Gasteiger partial charge in [-0.2, -0.15) is 0 Å². The van der Waals surface area contributed by atoms with Crippen LogP contribution < -0.4 is 10.6 Å². The molecule has 1 aliphatic heterocycles. The summed E-state index contributed by atoms with van der Waals surface area (Å²) in [4.78, 5) is 21.0. The van der Waals surface area contributed by atoms with Crippen molar-refractivity contribution in [2.24, 2.45) is 10.9 Å². The van der Waals surface area contributed by atoms with Gasteiger partial charge in [0, 0.05) is 18.7 Å². The molecule has 1 aliphatic rings. The minimum absolute atomic E-state index is 0.102. The predicted molar refractivity (Wildman–Crippen MR) is 104 cm³/mol. The number of guanidine groups is 1. The van der Waals surface area contributed by atoms with Gasteiger partial charge in [-0.05, 0) is 42.2 Å². The molecule has 0 aliphatic carbocycles. The van der Waals surface area contributed by atoms with E-state index in [-0.39, 0.29) is 11.9 Å². The summed E-state index contributed by atoms with van der Waals surface area (Å²) in [5, 5.41) is 7.08. The average Bonchev–Trinajstić information content (AvgIpc) is 2.93. The molecule has 136 valence electrons. The van der Waals surface area contributed by atoms with Gasteiger partial charge in [0.25, 0.3) is 5.91 Å². The number of amides is 1. The minimum Gasteiger partial charge on any atom is -0.383 e. The molecule has 6 nitrogen and oxygen atoms in total. The lowest BCUT2D eigenvalue weighted by Gasteiger charge is -2.20. The van der Waals surface area contributed by atoms with Crippen LogP contribution in [-0.2, 0) is 9.53 Å². The number of pyridine rings is 1. The first kappa shape index (κ1) is 18.1. The summed E-state index contributed by atoms with van der Waals surface area (Å²) in [7, 11) is 1.67. The summed E-state index contributed by atoms with van der Waals surface area (Å²) >= 11 is 0. The van der Waals surface area contributed by atoms with Gasteiger partial charge in [0.2, 0.25) is 5.96 Å². The van der Waals surface area contributed by atoms with E-state index < -0.39 is 0 Å². The first-order valence-electron chi connectivity index (χ1n) is 8.77. The molecule has 3 rings (SSSR count). The standard InChI is InChI=1S/C20H24N4O2/c1-13(2)9-16(12-26-3)22-20-23-18(19(25)24-20)11-14-6-7-17-15(10-14)5-4-8-21-17/h4-8,10-11,13,16H,9,12H2,1-3H3,(H2,22,23,24,25)/b18-11-/t16-/m1/s1. The average molecular weight is 352 g/mol. The molecule has 0 spiro atoms. The second-order valence-corrected chi connectivity index (χ2v) is 6.83. The van der Waals surface area contributed by atoms with Crippen molar-refractivity contribution in [3.05, 3.63) is 47.8 Å². The number of benzene rings is 1. The maximum atomic E-state index is 12.2. The van der Waals surface area contributed by atoms with Gasteiger partial charge >= 0.3 is 0 Å². The van der Waals surface area contributed by atoms with Crippen LogP contribution in [0.3, 0.4) is 0 Å². The number of nitrogens with zero attached hydrogens (tertiary/aromatic N) is 2. The third-order valence-corrected chi connectivity index (χ3v) is 4.09. The number of aromatic nitrogens is 1. The Bertz CT molecular complexity index is 858. The van der Waals surface area contributed by atoms with Gasteiger partial charge in [0.05, 0.1) is 18.2 Å². The predicted octanol–water partition coefficient (Wildman–Crippen LogP) is 2.71. The lowest BCUT2D eigenvalue weighted by molar-refractivity contribution is -0.115. The Morgan fingerprint density at radius 1 is 1.31 bits per heavy atom. The number of carbonyl (C=O) groups excluding carboxylic acids is 1. The van der Waals surface area contributed by atoms with E-state index in [4.69, 9.17) is 4.74 Å². The molecule has 2 heterocycles. The zero-order chi connectivity index (χ0) is 18.5. The Balaban J connectivity index is 1.78. The molecule has 2 aromatic rings. The van der Waals surface area contributed by atoms with Gasteiger partial charge in [-0.1, -0.05) is 26.0 Å². The molecule has 1 aromatic carbocycles. The summed E-state index contributed by atoms with van der Waals surface area (Å²) in [6.07, 6.45) is 4.48. The lowest BCUT2D eigenvalue weighted by Crippen LogP contribution is -2.45. The second-order valence-electron chi connectivity index (χ2n) is 6.83. The molecule has 6 heteroatoms. The third kappa shape index (κ3) is 4.46. The van der Waals surface area contributed by atoms with Crippen molar-refractivity contribution in [3.8, 4) is 0 Å². The van der Waals surface area contributed by atoms with E-state index in [9.17, 15) is 4.79 Å². The summed E-state index contributed by atoms with van der Waals surface area (Å²) < 4.78 is 5.25. The number of methoxy groups -OCH3 is 1. The van der Waals surface area contributed by atoms with E-state index in [1.165, 1.54) is 0 Å². The zero-order valence-corrected chi connectivity index (χ0v) is 15.3. The molecule has 1 amide bonds. The van der Waals surface area contributed by atoms with Crippen molar-refractivity contribution in [2.75, 3.05) is 13.7 Å². The highest BCUT2D eigenvalue weighted by molar-refractivity contribution is 6.13.